The van der Waals surface area contributed by atoms with Crippen LogP contribution in [0.15, 0.2) is 22.9 Å². The number of aromatic nitrogens is 3. The normalized spacial score (nSPS) is 12.6. The maximum absolute atomic E-state index is 6.02. The second-order valence-corrected chi connectivity index (χ2v) is 4.44. The predicted octanol–water partition coefficient (Wildman–Crippen LogP) is 2.21. The third-order valence-corrected chi connectivity index (χ3v) is 2.90. The molecule has 0 aromatic carbocycles. The molecule has 0 spiro atoms. The number of nitrogens with two attached hydrogens (primary N) is 1. The second-order valence-electron chi connectivity index (χ2n) is 4.03. The zero-order valence-corrected chi connectivity index (χ0v) is 11.3. The molecular formula is C12H15ClN4O2. The summed E-state index contributed by atoms with van der Waals surface area (Å²) in [6.45, 7) is 0.654. The van der Waals surface area contributed by atoms with Gasteiger partial charge in [-0.2, -0.15) is 4.98 Å². The quantitative estimate of drug-likeness (QED) is 0.817. The Kier molecular flexibility index (Phi) is 4.84. The van der Waals surface area contributed by atoms with Crippen molar-refractivity contribution in [2.24, 2.45) is 5.73 Å². The number of halogens is 1. The van der Waals surface area contributed by atoms with Crippen LogP contribution in [0.5, 0.6) is 0 Å². The molecule has 2 aromatic rings. The van der Waals surface area contributed by atoms with Crippen LogP contribution in [0.2, 0.25) is 5.02 Å². The summed E-state index contributed by atoms with van der Waals surface area (Å²) in [6.07, 6.45) is 3.17. The van der Waals surface area contributed by atoms with E-state index in [9.17, 15) is 0 Å². The predicted molar refractivity (Wildman–Crippen MR) is 70.6 cm³/mol. The van der Waals surface area contributed by atoms with Gasteiger partial charge in [0.25, 0.3) is 0 Å². The third-order valence-electron chi connectivity index (χ3n) is 2.59. The van der Waals surface area contributed by atoms with E-state index >= 15 is 0 Å². The SMILES string of the molecule is COCCCC(N)c1nc(-c2ncccc2Cl)no1. The lowest BCUT2D eigenvalue weighted by atomic mass is 10.2. The molecule has 1 atom stereocenters. The van der Waals surface area contributed by atoms with Gasteiger partial charge in [0.1, 0.15) is 5.69 Å². The molecule has 7 heteroatoms. The van der Waals surface area contributed by atoms with E-state index in [0.29, 0.717) is 35.5 Å². The Morgan fingerprint density at radius 1 is 1.53 bits per heavy atom. The molecule has 0 aliphatic carbocycles. The zero-order valence-electron chi connectivity index (χ0n) is 10.5. The van der Waals surface area contributed by atoms with Crippen LogP contribution in [0.4, 0.5) is 0 Å². The van der Waals surface area contributed by atoms with Crippen LogP contribution in [0.25, 0.3) is 11.5 Å². The van der Waals surface area contributed by atoms with E-state index in [1.54, 1.807) is 25.4 Å². The van der Waals surface area contributed by atoms with Crippen molar-refractivity contribution in [3.05, 3.63) is 29.2 Å². The topological polar surface area (TPSA) is 87.1 Å². The van der Waals surface area contributed by atoms with E-state index in [1.165, 1.54) is 0 Å². The largest absolute Gasteiger partial charge is 0.385 e. The second kappa shape index (κ2) is 6.60. The molecule has 19 heavy (non-hydrogen) atoms. The fourth-order valence-corrected chi connectivity index (χ4v) is 1.81. The molecule has 2 N–H and O–H groups in total. The van der Waals surface area contributed by atoms with Crippen molar-refractivity contribution >= 4 is 11.6 Å². The van der Waals surface area contributed by atoms with Crippen molar-refractivity contribution in [2.75, 3.05) is 13.7 Å². The van der Waals surface area contributed by atoms with E-state index < -0.39 is 0 Å². The Morgan fingerprint density at radius 2 is 2.37 bits per heavy atom. The summed E-state index contributed by atoms with van der Waals surface area (Å²) < 4.78 is 10.1. The zero-order chi connectivity index (χ0) is 13.7. The van der Waals surface area contributed by atoms with E-state index in [2.05, 4.69) is 15.1 Å². The number of hydrogen-bond donors (Lipinski definition) is 1. The van der Waals surface area contributed by atoms with Crippen LogP contribution in [-0.2, 0) is 4.74 Å². The average Bonchev–Trinajstić information content (AvgIpc) is 2.89. The third kappa shape index (κ3) is 3.50. The summed E-state index contributed by atoms with van der Waals surface area (Å²) >= 11 is 6.02. The summed E-state index contributed by atoms with van der Waals surface area (Å²) in [7, 11) is 1.65. The minimum absolute atomic E-state index is 0.307. The van der Waals surface area contributed by atoms with Crippen LogP contribution in [-0.4, -0.2) is 28.8 Å². The van der Waals surface area contributed by atoms with Gasteiger partial charge >= 0.3 is 0 Å². The van der Waals surface area contributed by atoms with Crippen LogP contribution in [0, 0.1) is 0 Å². The van der Waals surface area contributed by atoms with Crippen LogP contribution < -0.4 is 5.73 Å². The van der Waals surface area contributed by atoms with E-state index in [1.807, 2.05) is 0 Å². The Labute approximate surface area is 115 Å². The lowest BCUT2D eigenvalue weighted by molar-refractivity contribution is 0.188. The van der Waals surface area contributed by atoms with E-state index in [4.69, 9.17) is 26.6 Å². The minimum Gasteiger partial charge on any atom is -0.385 e. The molecule has 0 aliphatic rings. The first-order chi connectivity index (χ1) is 9.22. The molecule has 0 aliphatic heterocycles. The molecule has 0 radical (unpaired) electrons. The fourth-order valence-electron chi connectivity index (χ4n) is 1.60. The number of pyridine rings is 1. The molecular weight excluding hydrogens is 268 g/mol. The molecule has 6 nitrogen and oxygen atoms in total. The highest BCUT2D eigenvalue weighted by Crippen LogP contribution is 2.24. The first-order valence-electron chi connectivity index (χ1n) is 5.91. The van der Waals surface area contributed by atoms with Crippen molar-refractivity contribution in [3.63, 3.8) is 0 Å². The summed E-state index contributed by atoms with van der Waals surface area (Å²) in [5.41, 5.74) is 6.45. The van der Waals surface area contributed by atoms with E-state index in [-0.39, 0.29) is 6.04 Å². The Balaban J connectivity index is 2.09. The van der Waals surface area contributed by atoms with Gasteiger partial charge < -0.3 is 15.0 Å². The van der Waals surface area contributed by atoms with E-state index in [0.717, 1.165) is 6.42 Å². The number of methoxy groups -OCH3 is 1. The van der Waals surface area contributed by atoms with Gasteiger partial charge in [0, 0.05) is 19.9 Å². The summed E-state index contributed by atoms with van der Waals surface area (Å²) in [4.78, 5) is 8.35. The standard InChI is InChI=1S/C12H15ClN4O2/c1-18-7-3-5-9(14)12-16-11(17-19-12)10-8(13)4-2-6-15-10/h2,4,6,9H,3,5,7,14H2,1H3. The lowest BCUT2D eigenvalue weighted by Gasteiger charge is -2.04. The summed E-state index contributed by atoms with van der Waals surface area (Å²) in [6, 6.07) is 3.15. The maximum atomic E-state index is 6.02. The monoisotopic (exact) mass is 282 g/mol. The molecule has 0 saturated carbocycles. The number of hydrogen-bond acceptors (Lipinski definition) is 6. The lowest BCUT2D eigenvalue weighted by Crippen LogP contribution is -2.11. The molecule has 0 amide bonds. The van der Waals surface area contributed by atoms with Crippen LogP contribution in [0.3, 0.4) is 0 Å². The molecule has 1 unspecified atom stereocenters. The first-order valence-corrected chi connectivity index (χ1v) is 6.29. The molecule has 0 bridgehead atoms. The van der Waals surface area contributed by atoms with Gasteiger partial charge in [-0.3, -0.25) is 4.98 Å². The molecule has 102 valence electrons. The van der Waals surface area contributed by atoms with Gasteiger partial charge in [-0.15, -0.1) is 0 Å². The minimum atomic E-state index is -0.307. The van der Waals surface area contributed by atoms with Crippen molar-refractivity contribution in [2.45, 2.75) is 18.9 Å². The molecule has 2 rings (SSSR count). The number of rotatable bonds is 6. The van der Waals surface area contributed by atoms with Gasteiger partial charge in [-0.25, -0.2) is 0 Å². The van der Waals surface area contributed by atoms with Crippen LogP contribution >= 0.6 is 11.6 Å². The van der Waals surface area contributed by atoms with Gasteiger partial charge in [0.2, 0.25) is 11.7 Å². The van der Waals surface area contributed by atoms with Gasteiger partial charge in [-0.05, 0) is 25.0 Å². The first kappa shape index (κ1) is 13.9. The van der Waals surface area contributed by atoms with Gasteiger partial charge in [0.05, 0.1) is 11.1 Å². The summed E-state index contributed by atoms with van der Waals surface area (Å²) in [5.74, 6) is 0.732. The molecule has 0 fully saturated rings. The fraction of sp³-hybridized carbons (Fsp3) is 0.417. The Hall–Kier alpha value is -1.50. The van der Waals surface area contributed by atoms with Crippen molar-refractivity contribution in [1.82, 2.24) is 15.1 Å². The number of nitrogens with zero attached hydrogens (tertiary/aromatic N) is 3. The highest BCUT2D eigenvalue weighted by atomic mass is 35.5. The molecule has 2 heterocycles. The van der Waals surface area contributed by atoms with Crippen molar-refractivity contribution in [1.29, 1.82) is 0 Å². The van der Waals surface area contributed by atoms with Crippen molar-refractivity contribution in [3.8, 4) is 11.5 Å². The Morgan fingerprint density at radius 3 is 3.11 bits per heavy atom. The molecule has 2 aromatic heterocycles. The van der Waals surface area contributed by atoms with Crippen molar-refractivity contribution < 1.29 is 9.26 Å². The highest BCUT2D eigenvalue weighted by Gasteiger charge is 2.17. The highest BCUT2D eigenvalue weighted by molar-refractivity contribution is 6.32. The van der Waals surface area contributed by atoms with Gasteiger partial charge in [0.15, 0.2) is 0 Å². The molecule has 0 saturated heterocycles. The summed E-state index contributed by atoms with van der Waals surface area (Å²) in [5, 5.41) is 4.33. The smallest absolute Gasteiger partial charge is 0.243 e. The van der Waals surface area contributed by atoms with Crippen LogP contribution in [0.1, 0.15) is 24.8 Å². The maximum Gasteiger partial charge on any atom is 0.243 e. The Bertz CT molecular complexity index is 532. The van der Waals surface area contributed by atoms with Gasteiger partial charge in [-0.1, -0.05) is 16.8 Å². The average molecular weight is 283 g/mol. The number of ether oxygens (including phenoxy) is 1.